The average Bonchev–Trinajstić information content (AvgIpc) is 2.40. The van der Waals surface area contributed by atoms with E-state index in [1.807, 2.05) is 23.9 Å². The lowest BCUT2D eigenvalue weighted by Crippen LogP contribution is -2.13. The Kier molecular flexibility index (Phi) is 4.66. The molecule has 0 saturated carbocycles. The number of hydrogen-bond donors (Lipinski definition) is 0. The van der Waals surface area contributed by atoms with Crippen LogP contribution in [0.25, 0.3) is 0 Å². The summed E-state index contributed by atoms with van der Waals surface area (Å²) in [5.41, 5.74) is 1.18. The molecule has 1 aromatic carbocycles. The highest BCUT2D eigenvalue weighted by atomic mass is 32.2. The topological polar surface area (TPSA) is 23.8 Å². The fraction of sp³-hybridized carbons (Fsp3) is 0.533. The van der Waals surface area contributed by atoms with Gasteiger partial charge >= 0.3 is 0 Å². The lowest BCUT2D eigenvalue weighted by atomic mass is 9.96. The monoisotopic (exact) mass is 263 g/mol. The van der Waals surface area contributed by atoms with Crippen LogP contribution in [0.1, 0.15) is 49.0 Å². The molecule has 1 aliphatic heterocycles. The molecule has 0 spiro atoms. The molecule has 96 valence electrons. The maximum Gasteiger partial charge on any atom is 0.141 e. The van der Waals surface area contributed by atoms with Crippen molar-refractivity contribution in [2.24, 2.45) is 5.92 Å². The Balaban J connectivity index is 2.02. The van der Waals surface area contributed by atoms with Crippen LogP contribution in [0, 0.1) is 23.1 Å². The summed E-state index contributed by atoms with van der Waals surface area (Å²) >= 11 is 1.94. The molecule has 0 amide bonds. The number of benzene rings is 1. The Morgan fingerprint density at radius 2 is 2.28 bits per heavy atom. The molecule has 1 nitrogen and oxygen atoms in total. The first-order valence-electron chi connectivity index (χ1n) is 6.55. The van der Waals surface area contributed by atoms with Crippen molar-refractivity contribution in [2.45, 2.75) is 37.9 Å². The summed E-state index contributed by atoms with van der Waals surface area (Å²) in [6, 6.07) is 6.91. The summed E-state index contributed by atoms with van der Waals surface area (Å²) < 4.78 is 13.6. The van der Waals surface area contributed by atoms with Crippen LogP contribution >= 0.6 is 11.8 Å². The van der Waals surface area contributed by atoms with Crippen molar-refractivity contribution in [1.29, 1.82) is 5.26 Å². The van der Waals surface area contributed by atoms with Gasteiger partial charge in [-0.1, -0.05) is 19.4 Å². The van der Waals surface area contributed by atoms with Crippen LogP contribution < -0.4 is 0 Å². The standard InChI is InChI=1S/C15H18FNS/c1-2-3-11-4-7-15(18-10-11)12-5-6-13(9-17)14(16)8-12/h5-6,8,11,15H,2-4,7,10H2,1H3. The van der Waals surface area contributed by atoms with Gasteiger partial charge in [0.1, 0.15) is 11.9 Å². The number of hydrogen-bond acceptors (Lipinski definition) is 2. The van der Waals surface area contributed by atoms with E-state index >= 15 is 0 Å². The highest BCUT2D eigenvalue weighted by molar-refractivity contribution is 7.99. The molecule has 2 rings (SSSR count). The zero-order chi connectivity index (χ0) is 13.0. The lowest BCUT2D eigenvalue weighted by Gasteiger charge is -2.28. The minimum Gasteiger partial charge on any atom is -0.206 e. The zero-order valence-corrected chi connectivity index (χ0v) is 11.5. The van der Waals surface area contributed by atoms with Gasteiger partial charge < -0.3 is 0 Å². The molecular weight excluding hydrogens is 245 g/mol. The maximum atomic E-state index is 13.6. The summed E-state index contributed by atoms with van der Waals surface area (Å²) in [4.78, 5) is 0. The molecule has 3 heteroatoms. The van der Waals surface area contributed by atoms with Crippen LogP contribution in [-0.2, 0) is 0 Å². The van der Waals surface area contributed by atoms with Gasteiger partial charge in [-0.2, -0.15) is 17.0 Å². The van der Waals surface area contributed by atoms with Gasteiger partial charge in [0.15, 0.2) is 0 Å². The van der Waals surface area contributed by atoms with Gasteiger partial charge in [0.05, 0.1) is 5.56 Å². The van der Waals surface area contributed by atoms with E-state index in [1.165, 1.54) is 31.1 Å². The van der Waals surface area contributed by atoms with Crippen molar-refractivity contribution in [1.82, 2.24) is 0 Å². The van der Waals surface area contributed by atoms with Crippen LogP contribution in [0.15, 0.2) is 18.2 Å². The summed E-state index contributed by atoms with van der Waals surface area (Å²) in [6.45, 7) is 2.23. The lowest BCUT2D eigenvalue weighted by molar-refractivity contribution is 0.459. The van der Waals surface area contributed by atoms with Crippen LogP contribution in [0.3, 0.4) is 0 Å². The Labute approximate surface area is 112 Å². The predicted octanol–water partition coefficient (Wildman–Crippen LogP) is 4.68. The number of rotatable bonds is 3. The van der Waals surface area contributed by atoms with Crippen molar-refractivity contribution in [3.05, 3.63) is 35.1 Å². The molecule has 18 heavy (non-hydrogen) atoms. The molecule has 0 aromatic heterocycles. The molecule has 0 bridgehead atoms. The van der Waals surface area contributed by atoms with E-state index in [2.05, 4.69) is 6.92 Å². The third kappa shape index (κ3) is 3.05. The molecule has 1 aromatic rings. The van der Waals surface area contributed by atoms with E-state index in [-0.39, 0.29) is 11.4 Å². The summed E-state index contributed by atoms with van der Waals surface area (Å²) in [6.07, 6.45) is 4.93. The summed E-state index contributed by atoms with van der Waals surface area (Å²) in [5.74, 6) is 1.63. The van der Waals surface area contributed by atoms with E-state index < -0.39 is 0 Å². The molecule has 0 N–H and O–H groups in total. The first kappa shape index (κ1) is 13.4. The van der Waals surface area contributed by atoms with Gasteiger partial charge in [-0.25, -0.2) is 4.39 Å². The molecular formula is C15H18FNS. The first-order valence-corrected chi connectivity index (χ1v) is 7.60. The van der Waals surface area contributed by atoms with Crippen molar-refractivity contribution in [3.63, 3.8) is 0 Å². The van der Waals surface area contributed by atoms with Crippen LogP contribution in [0.4, 0.5) is 4.39 Å². The molecule has 0 aliphatic carbocycles. The van der Waals surface area contributed by atoms with Crippen molar-refractivity contribution in [3.8, 4) is 6.07 Å². The normalized spacial score (nSPS) is 23.6. The second-order valence-electron chi connectivity index (χ2n) is 4.91. The van der Waals surface area contributed by atoms with E-state index in [0.29, 0.717) is 5.25 Å². The second kappa shape index (κ2) is 6.24. The third-order valence-electron chi connectivity index (χ3n) is 3.55. The fourth-order valence-electron chi connectivity index (χ4n) is 2.53. The van der Waals surface area contributed by atoms with Gasteiger partial charge in [0.2, 0.25) is 0 Å². The SMILES string of the molecule is CCCC1CCC(c2ccc(C#N)c(F)c2)SC1. The average molecular weight is 263 g/mol. The van der Waals surface area contributed by atoms with E-state index in [9.17, 15) is 4.39 Å². The maximum absolute atomic E-state index is 13.6. The van der Waals surface area contributed by atoms with E-state index in [0.717, 1.165) is 17.9 Å². The number of nitriles is 1. The minimum absolute atomic E-state index is 0.142. The summed E-state index contributed by atoms with van der Waals surface area (Å²) in [7, 11) is 0. The largest absolute Gasteiger partial charge is 0.206 e. The van der Waals surface area contributed by atoms with Crippen molar-refractivity contribution >= 4 is 11.8 Å². The Morgan fingerprint density at radius 1 is 1.44 bits per heavy atom. The van der Waals surface area contributed by atoms with E-state index in [1.54, 1.807) is 6.07 Å². The second-order valence-corrected chi connectivity index (χ2v) is 6.14. The molecule has 1 saturated heterocycles. The van der Waals surface area contributed by atoms with Gasteiger partial charge in [0, 0.05) is 5.25 Å². The Hall–Kier alpha value is -1.01. The highest BCUT2D eigenvalue weighted by Gasteiger charge is 2.22. The quantitative estimate of drug-likeness (QED) is 0.790. The van der Waals surface area contributed by atoms with Gasteiger partial charge in [-0.05, 0) is 48.6 Å². The minimum atomic E-state index is -0.383. The highest BCUT2D eigenvalue weighted by Crippen LogP contribution is 2.41. The number of halogens is 1. The van der Waals surface area contributed by atoms with E-state index in [4.69, 9.17) is 5.26 Å². The van der Waals surface area contributed by atoms with Crippen LogP contribution in [-0.4, -0.2) is 5.75 Å². The Morgan fingerprint density at radius 3 is 2.83 bits per heavy atom. The molecule has 0 radical (unpaired) electrons. The molecule has 2 unspecified atom stereocenters. The fourth-order valence-corrected chi connectivity index (χ4v) is 4.01. The number of thioether (sulfide) groups is 1. The van der Waals surface area contributed by atoms with Crippen molar-refractivity contribution in [2.75, 3.05) is 5.75 Å². The third-order valence-corrected chi connectivity index (χ3v) is 5.13. The van der Waals surface area contributed by atoms with Gasteiger partial charge in [-0.15, -0.1) is 0 Å². The van der Waals surface area contributed by atoms with Crippen LogP contribution in [0.5, 0.6) is 0 Å². The molecule has 1 fully saturated rings. The van der Waals surface area contributed by atoms with Crippen molar-refractivity contribution < 1.29 is 4.39 Å². The first-order chi connectivity index (χ1) is 8.74. The zero-order valence-electron chi connectivity index (χ0n) is 10.7. The number of nitrogens with zero attached hydrogens (tertiary/aromatic N) is 1. The summed E-state index contributed by atoms with van der Waals surface area (Å²) in [5, 5.41) is 9.12. The van der Waals surface area contributed by atoms with Gasteiger partial charge in [0.25, 0.3) is 0 Å². The van der Waals surface area contributed by atoms with Gasteiger partial charge in [-0.3, -0.25) is 0 Å². The predicted molar refractivity (Wildman–Crippen MR) is 73.9 cm³/mol. The Bertz CT molecular complexity index is 444. The molecule has 1 heterocycles. The molecule has 1 aliphatic rings. The molecule has 2 atom stereocenters. The van der Waals surface area contributed by atoms with Crippen LogP contribution in [0.2, 0.25) is 0 Å². The smallest absolute Gasteiger partial charge is 0.141 e.